The Morgan fingerprint density at radius 3 is 2.61 bits per heavy atom. The van der Waals surface area contributed by atoms with E-state index in [9.17, 15) is 5.11 Å². The Hall–Kier alpha value is -1.33. The molecule has 1 atom stereocenters. The molecule has 2 heterocycles. The van der Waals surface area contributed by atoms with Crippen LogP contribution in [0.25, 0.3) is 10.7 Å². The molecule has 0 amide bonds. The van der Waals surface area contributed by atoms with Crippen molar-refractivity contribution >= 4 is 11.3 Å². The van der Waals surface area contributed by atoms with Crippen LogP contribution in [0.3, 0.4) is 0 Å². The summed E-state index contributed by atoms with van der Waals surface area (Å²) in [6.07, 6.45) is 1.74. The van der Waals surface area contributed by atoms with Gasteiger partial charge in [-0.15, -0.1) is 10.2 Å². The van der Waals surface area contributed by atoms with Gasteiger partial charge in [0.25, 0.3) is 0 Å². The van der Waals surface area contributed by atoms with E-state index in [0.29, 0.717) is 0 Å². The fourth-order valence-electron chi connectivity index (χ4n) is 1.69. The Kier molecular flexibility index (Phi) is 3.73. The van der Waals surface area contributed by atoms with Crippen molar-refractivity contribution in [2.75, 3.05) is 6.61 Å². The third-order valence-electron chi connectivity index (χ3n) is 2.85. The third kappa shape index (κ3) is 2.73. The summed E-state index contributed by atoms with van der Waals surface area (Å²) in [5.41, 5.74) is 0.794. The van der Waals surface area contributed by atoms with Crippen LogP contribution in [0.4, 0.5) is 0 Å². The van der Waals surface area contributed by atoms with Crippen LogP contribution in [-0.2, 0) is 0 Å². The summed E-state index contributed by atoms with van der Waals surface area (Å²) >= 11 is 1.50. The molecule has 2 aromatic heterocycles. The molecule has 0 spiro atoms. The van der Waals surface area contributed by atoms with Gasteiger partial charge in [0.05, 0.1) is 6.61 Å². The summed E-state index contributed by atoms with van der Waals surface area (Å²) in [7, 11) is 0. The molecule has 4 nitrogen and oxygen atoms in total. The molecule has 2 aromatic rings. The van der Waals surface area contributed by atoms with Crippen LogP contribution in [0.5, 0.6) is 0 Å². The lowest BCUT2D eigenvalue weighted by Gasteiger charge is -2.26. The van der Waals surface area contributed by atoms with Crippen LogP contribution >= 0.6 is 11.3 Å². The summed E-state index contributed by atoms with van der Waals surface area (Å²) in [6.45, 7) is 6.36. The standard InChI is InChI=1S/C13H17N3OS/c1-13(2,3)9(8-17)11-15-16-12(18-11)10-6-4-5-7-14-10/h4-7,9,17H,8H2,1-3H3/t9-/m1/s1. The second kappa shape index (κ2) is 5.12. The quantitative estimate of drug-likeness (QED) is 0.925. The molecule has 5 heteroatoms. The van der Waals surface area contributed by atoms with E-state index in [1.165, 1.54) is 11.3 Å². The maximum Gasteiger partial charge on any atom is 0.166 e. The van der Waals surface area contributed by atoms with Gasteiger partial charge in [-0.3, -0.25) is 4.98 Å². The molecule has 0 aliphatic rings. The topological polar surface area (TPSA) is 58.9 Å². The molecule has 1 N–H and O–H groups in total. The van der Waals surface area contributed by atoms with Crippen LogP contribution in [0.2, 0.25) is 0 Å². The Balaban J connectivity index is 2.31. The van der Waals surface area contributed by atoms with Gasteiger partial charge in [0.15, 0.2) is 5.01 Å². The highest BCUT2D eigenvalue weighted by Crippen LogP contribution is 2.37. The molecule has 0 saturated carbocycles. The first kappa shape index (κ1) is 13.1. The Morgan fingerprint density at radius 2 is 2.06 bits per heavy atom. The minimum Gasteiger partial charge on any atom is -0.396 e. The molecule has 2 rings (SSSR count). The van der Waals surface area contributed by atoms with Crippen molar-refractivity contribution in [2.24, 2.45) is 5.41 Å². The summed E-state index contributed by atoms with van der Waals surface area (Å²) in [5, 5.41) is 19.5. The van der Waals surface area contributed by atoms with Gasteiger partial charge in [0.1, 0.15) is 10.7 Å². The van der Waals surface area contributed by atoms with E-state index in [1.807, 2.05) is 18.2 Å². The zero-order valence-corrected chi connectivity index (χ0v) is 11.6. The Morgan fingerprint density at radius 1 is 1.28 bits per heavy atom. The first-order chi connectivity index (χ1) is 8.52. The average Bonchev–Trinajstić information content (AvgIpc) is 2.78. The van der Waals surface area contributed by atoms with Crippen molar-refractivity contribution in [1.82, 2.24) is 15.2 Å². The first-order valence-electron chi connectivity index (χ1n) is 5.88. The van der Waals surface area contributed by atoms with Gasteiger partial charge >= 0.3 is 0 Å². The van der Waals surface area contributed by atoms with E-state index in [0.717, 1.165) is 15.7 Å². The average molecular weight is 263 g/mol. The summed E-state index contributed by atoms with van der Waals surface area (Å²) < 4.78 is 0. The molecule has 0 aliphatic carbocycles. The highest BCUT2D eigenvalue weighted by Gasteiger charge is 2.29. The molecule has 0 radical (unpaired) electrons. The number of rotatable bonds is 3. The lowest BCUT2D eigenvalue weighted by molar-refractivity contribution is 0.186. The molecule has 0 aliphatic heterocycles. The van der Waals surface area contributed by atoms with E-state index >= 15 is 0 Å². The van der Waals surface area contributed by atoms with Crippen LogP contribution in [0.1, 0.15) is 31.7 Å². The molecular formula is C13H17N3OS. The fourth-order valence-corrected chi connectivity index (χ4v) is 2.85. The minimum absolute atomic E-state index is 0.00691. The Labute approximate surface area is 111 Å². The second-order valence-electron chi connectivity index (χ2n) is 5.26. The van der Waals surface area contributed by atoms with E-state index in [1.54, 1.807) is 6.20 Å². The number of aromatic nitrogens is 3. The minimum atomic E-state index is -0.0321. The summed E-state index contributed by atoms with van der Waals surface area (Å²) in [5.74, 6) is 0.00691. The van der Waals surface area contributed by atoms with Crippen molar-refractivity contribution in [1.29, 1.82) is 0 Å². The molecule has 0 saturated heterocycles. The van der Waals surface area contributed by atoms with Gasteiger partial charge in [-0.1, -0.05) is 38.2 Å². The van der Waals surface area contributed by atoms with Crippen LogP contribution in [0, 0.1) is 5.41 Å². The summed E-state index contributed by atoms with van der Waals surface area (Å²) in [4.78, 5) is 4.26. The molecule has 0 aromatic carbocycles. The zero-order chi connectivity index (χ0) is 13.2. The van der Waals surface area contributed by atoms with E-state index in [2.05, 4.69) is 36.0 Å². The first-order valence-corrected chi connectivity index (χ1v) is 6.69. The Bertz CT molecular complexity index is 504. The van der Waals surface area contributed by atoms with Crippen molar-refractivity contribution < 1.29 is 5.11 Å². The monoisotopic (exact) mass is 263 g/mol. The van der Waals surface area contributed by atoms with Crippen LogP contribution < -0.4 is 0 Å². The third-order valence-corrected chi connectivity index (χ3v) is 3.91. The van der Waals surface area contributed by atoms with Crippen molar-refractivity contribution in [3.05, 3.63) is 29.4 Å². The molecule has 0 unspecified atom stereocenters. The van der Waals surface area contributed by atoms with Crippen molar-refractivity contribution in [3.8, 4) is 10.7 Å². The van der Waals surface area contributed by atoms with E-state index in [4.69, 9.17) is 0 Å². The predicted octanol–water partition coefficient (Wildman–Crippen LogP) is 2.72. The normalized spacial score (nSPS) is 13.6. The molecule has 0 fully saturated rings. The van der Waals surface area contributed by atoms with Gasteiger partial charge in [0, 0.05) is 12.1 Å². The second-order valence-corrected chi connectivity index (χ2v) is 6.27. The highest BCUT2D eigenvalue weighted by molar-refractivity contribution is 7.14. The summed E-state index contributed by atoms with van der Waals surface area (Å²) in [6, 6.07) is 5.71. The fraction of sp³-hybridized carbons (Fsp3) is 0.462. The van der Waals surface area contributed by atoms with Crippen LogP contribution in [0.15, 0.2) is 24.4 Å². The van der Waals surface area contributed by atoms with Crippen molar-refractivity contribution in [2.45, 2.75) is 26.7 Å². The van der Waals surface area contributed by atoms with Crippen LogP contribution in [-0.4, -0.2) is 26.9 Å². The van der Waals surface area contributed by atoms with Gasteiger partial charge in [-0.05, 0) is 17.5 Å². The number of hydrogen-bond donors (Lipinski definition) is 1. The van der Waals surface area contributed by atoms with E-state index in [-0.39, 0.29) is 17.9 Å². The number of aliphatic hydroxyl groups is 1. The molecule has 96 valence electrons. The number of pyridine rings is 1. The lowest BCUT2D eigenvalue weighted by atomic mass is 9.82. The SMILES string of the molecule is CC(C)(C)[C@H](CO)c1nnc(-c2ccccn2)s1. The number of hydrogen-bond acceptors (Lipinski definition) is 5. The molecule has 0 bridgehead atoms. The predicted molar refractivity (Wildman–Crippen MR) is 72.4 cm³/mol. The maximum atomic E-state index is 9.52. The van der Waals surface area contributed by atoms with Gasteiger partial charge in [0.2, 0.25) is 0 Å². The van der Waals surface area contributed by atoms with Gasteiger partial charge in [-0.25, -0.2) is 0 Å². The smallest absolute Gasteiger partial charge is 0.166 e. The van der Waals surface area contributed by atoms with Crippen molar-refractivity contribution in [3.63, 3.8) is 0 Å². The van der Waals surface area contributed by atoms with Gasteiger partial charge < -0.3 is 5.11 Å². The van der Waals surface area contributed by atoms with Gasteiger partial charge in [-0.2, -0.15) is 0 Å². The maximum absolute atomic E-state index is 9.52. The highest BCUT2D eigenvalue weighted by atomic mass is 32.1. The lowest BCUT2D eigenvalue weighted by Crippen LogP contribution is -2.21. The number of aliphatic hydroxyl groups excluding tert-OH is 1. The largest absolute Gasteiger partial charge is 0.396 e. The zero-order valence-electron chi connectivity index (χ0n) is 10.8. The number of nitrogens with zero attached hydrogens (tertiary/aromatic N) is 3. The molecular weight excluding hydrogens is 246 g/mol. The molecule has 18 heavy (non-hydrogen) atoms. The van der Waals surface area contributed by atoms with E-state index < -0.39 is 0 Å².